The maximum absolute atomic E-state index is 12.8. The summed E-state index contributed by atoms with van der Waals surface area (Å²) in [6.07, 6.45) is 46.6. The Bertz CT molecular complexity index is 1260. The summed E-state index contributed by atoms with van der Waals surface area (Å²) in [7, 11) is -4.74. The van der Waals surface area contributed by atoms with Crippen molar-refractivity contribution in [2.75, 3.05) is 26.4 Å². The van der Waals surface area contributed by atoms with E-state index < -0.39 is 57.8 Å². The Morgan fingerprint density at radius 1 is 0.453 bits per heavy atom. The van der Waals surface area contributed by atoms with E-state index in [-0.39, 0.29) is 25.9 Å². The zero-order chi connectivity index (χ0) is 47.0. The fourth-order valence-electron chi connectivity index (χ4n) is 6.83. The number of esters is 3. The van der Waals surface area contributed by atoms with E-state index in [1.54, 1.807) is 0 Å². The standard InChI is InChI=1S/C52H93O11P/c1-4-7-10-13-16-19-22-24-27-30-33-36-39-42-51(55)62-48(44-53)46-60-64(57,58)61-47-49(45-59-50(54)41-38-35-32-29-26-21-18-15-12-9-6-3)63-52(56)43-40-37-34-31-28-25-23-20-17-14-11-8-5-2/h8,11,17,19-20,22,25,28,48-49,53H,4-7,9-10,12-16,18,21,23-24,26-27,29-47H2,1-3H3,(H,57,58)/b11-8-,20-17-,22-19-,28-25-. The van der Waals surface area contributed by atoms with E-state index >= 15 is 0 Å². The van der Waals surface area contributed by atoms with Gasteiger partial charge in [0.25, 0.3) is 0 Å². The molecule has 0 saturated heterocycles. The number of carbonyl (C=O) groups excluding carboxylic acids is 3. The predicted molar refractivity (Wildman–Crippen MR) is 261 cm³/mol. The Labute approximate surface area is 390 Å². The van der Waals surface area contributed by atoms with Crippen LogP contribution in [0.2, 0.25) is 0 Å². The molecule has 0 aliphatic carbocycles. The minimum atomic E-state index is -4.74. The third-order valence-corrected chi connectivity index (χ3v) is 11.7. The summed E-state index contributed by atoms with van der Waals surface area (Å²) in [6, 6.07) is 0. The highest BCUT2D eigenvalue weighted by Crippen LogP contribution is 2.43. The largest absolute Gasteiger partial charge is 0.472 e. The highest BCUT2D eigenvalue weighted by Gasteiger charge is 2.28. The summed E-state index contributed by atoms with van der Waals surface area (Å²) in [5.74, 6) is -1.50. The first-order valence-electron chi connectivity index (χ1n) is 25.5. The van der Waals surface area contributed by atoms with Gasteiger partial charge in [-0.25, -0.2) is 4.57 Å². The van der Waals surface area contributed by atoms with Gasteiger partial charge in [-0.3, -0.25) is 23.4 Å². The smallest absolute Gasteiger partial charge is 0.462 e. The number of phosphoric ester groups is 1. The Kier molecular flexibility index (Phi) is 45.1. The van der Waals surface area contributed by atoms with E-state index in [2.05, 4.69) is 69.4 Å². The fraction of sp³-hybridized carbons (Fsp3) is 0.788. The molecule has 0 heterocycles. The summed E-state index contributed by atoms with van der Waals surface area (Å²) < 4.78 is 39.3. The lowest BCUT2D eigenvalue weighted by Gasteiger charge is -2.21. The Morgan fingerprint density at radius 2 is 0.812 bits per heavy atom. The number of allylic oxidation sites excluding steroid dienone is 8. The van der Waals surface area contributed by atoms with Crippen LogP contribution in [0.4, 0.5) is 0 Å². The van der Waals surface area contributed by atoms with Crippen LogP contribution in [-0.4, -0.2) is 66.5 Å². The van der Waals surface area contributed by atoms with Crippen LogP contribution in [0.15, 0.2) is 48.6 Å². The number of rotatable bonds is 47. The molecule has 0 rings (SSSR count). The molecule has 0 saturated carbocycles. The van der Waals surface area contributed by atoms with Gasteiger partial charge in [0.05, 0.1) is 19.8 Å². The minimum absolute atomic E-state index is 0.134. The third kappa shape index (κ3) is 44.6. The Hall–Kier alpha value is -2.56. The number of unbranched alkanes of at least 4 members (excludes halogenated alkanes) is 22. The van der Waals surface area contributed by atoms with Gasteiger partial charge in [-0.05, 0) is 77.0 Å². The van der Waals surface area contributed by atoms with E-state index in [4.69, 9.17) is 23.3 Å². The Balaban J connectivity index is 4.76. The van der Waals surface area contributed by atoms with Crippen molar-refractivity contribution < 1.29 is 52.2 Å². The molecule has 3 atom stereocenters. The molecule has 11 nitrogen and oxygen atoms in total. The van der Waals surface area contributed by atoms with Gasteiger partial charge >= 0.3 is 25.7 Å². The number of carbonyl (C=O) groups is 3. The van der Waals surface area contributed by atoms with Crippen molar-refractivity contribution in [1.82, 2.24) is 0 Å². The van der Waals surface area contributed by atoms with Crippen LogP contribution in [-0.2, 0) is 42.2 Å². The lowest BCUT2D eigenvalue weighted by atomic mass is 10.1. The van der Waals surface area contributed by atoms with Crippen molar-refractivity contribution in [1.29, 1.82) is 0 Å². The van der Waals surface area contributed by atoms with Crippen molar-refractivity contribution in [3.8, 4) is 0 Å². The monoisotopic (exact) mass is 925 g/mol. The summed E-state index contributed by atoms with van der Waals surface area (Å²) in [5.41, 5.74) is 0. The van der Waals surface area contributed by atoms with Crippen LogP contribution in [0.25, 0.3) is 0 Å². The first-order valence-corrected chi connectivity index (χ1v) is 27.0. The lowest BCUT2D eigenvalue weighted by molar-refractivity contribution is -0.161. The van der Waals surface area contributed by atoms with Crippen LogP contribution in [0.5, 0.6) is 0 Å². The SMILES string of the molecule is CC/C=C\C/C=C\C/C=C\CCCCCC(=O)OC(COC(=O)CCCCCCCCCCCCC)COP(=O)(O)OCC(CO)OC(=O)CCCCCCC/C=C\CCCCCC. The molecular formula is C52H93O11P. The Morgan fingerprint density at radius 3 is 1.30 bits per heavy atom. The van der Waals surface area contributed by atoms with Gasteiger partial charge in [0.15, 0.2) is 6.10 Å². The molecule has 372 valence electrons. The average Bonchev–Trinajstić information content (AvgIpc) is 3.28. The third-order valence-electron chi connectivity index (χ3n) is 10.7. The van der Waals surface area contributed by atoms with Gasteiger partial charge in [0, 0.05) is 19.3 Å². The number of hydrogen-bond acceptors (Lipinski definition) is 10. The highest BCUT2D eigenvalue weighted by atomic mass is 31.2. The van der Waals surface area contributed by atoms with E-state index in [1.165, 1.54) is 70.6 Å². The molecule has 0 radical (unpaired) electrons. The zero-order valence-electron chi connectivity index (χ0n) is 40.7. The number of hydrogen-bond donors (Lipinski definition) is 2. The summed E-state index contributed by atoms with van der Waals surface area (Å²) in [5, 5.41) is 9.76. The van der Waals surface area contributed by atoms with Gasteiger partial charge in [0.1, 0.15) is 12.7 Å². The lowest BCUT2D eigenvalue weighted by Crippen LogP contribution is -2.30. The van der Waals surface area contributed by atoms with Gasteiger partial charge in [-0.2, -0.15) is 0 Å². The summed E-state index contributed by atoms with van der Waals surface area (Å²) in [6.45, 7) is 4.45. The first-order chi connectivity index (χ1) is 31.2. The fourth-order valence-corrected chi connectivity index (χ4v) is 7.62. The van der Waals surface area contributed by atoms with E-state index in [0.29, 0.717) is 19.3 Å². The van der Waals surface area contributed by atoms with Crippen LogP contribution in [0.3, 0.4) is 0 Å². The molecule has 12 heteroatoms. The maximum atomic E-state index is 12.8. The minimum Gasteiger partial charge on any atom is -0.462 e. The molecular weight excluding hydrogens is 832 g/mol. The first kappa shape index (κ1) is 61.4. The molecule has 0 amide bonds. The number of phosphoric acid groups is 1. The number of aliphatic hydroxyl groups is 1. The second-order valence-electron chi connectivity index (χ2n) is 17.0. The number of aliphatic hydroxyl groups excluding tert-OH is 1. The van der Waals surface area contributed by atoms with Gasteiger partial charge in [-0.15, -0.1) is 0 Å². The maximum Gasteiger partial charge on any atom is 0.472 e. The second kappa shape index (κ2) is 47.0. The van der Waals surface area contributed by atoms with E-state index in [9.17, 15) is 28.9 Å². The van der Waals surface area contributed by atoms with Crippen LogP contribution in [0.1, 0.15) is 226 Å². The topological polar surface area (TPSA) is 155 Å². The molecule has 0 aliphatic rings. The second-order valence-corrected chi connectivity index (χ2v) is 18.4. The molecule has 0 fully saturated rings. The molecule has 0 spiro atoms. The quantitative estimate of drug-likeness (QED) is 0.0197. The number of ether oxygens (including phenoxy) is 3. The molecule has 2 N–H and O–H groups in total. The molecule has 0 aromatic heterocycles. The summed E-state index contributed by atoms with van der Waals surface area (Å²) in [4.78, 5) is 48.2. The van der Waals surface area contributed by atoms with Crippen molar-refractivity contribution in [2.45, 2.75) is 238 Å². The van der Waals surface area contributed by atoms with Crippen LogP contribution >= 0.6 is 7.82 Å². The van der Waals surface area contributed by atoms with Crippen molar-refractivity contribution >= 4 is 25.7 Å². The zero-order valence-corrected chi connectivity index (χ0v) is 41.6. The molecule has 0 bridgehead atoms. The van der Waals surface area contributed by atoms with Gasteiger partial charge in [-0.1, -0.05) is 179 Å². The highest BCUT2D eigenvalue weighted by molar-refractivity contribution is 7.47. The molecule has 0 aromatic carbocycles. The van der Waals surface area contributed by atoms with Crippen molar-refractivity contribution in [2.24, 2.45) is 0 Å². The van der Waals surface area contributed by atoms with Crippen LogP contribution < -0.4 is 0 Å². The molecule has 0 aliphatic heterocycles. The molecule has 3 unspecified atom stereocenters. The van der Waals surface area contributed by atoms with Crippen LogP contribution in [0, 0.1) is 0 Å². The summed E-state index contributed by atoms with van der Waals surface area (Å²) >= 11 is 0. The average molecular weight is 925 g/mol. The van der Waals surface area contributed by atoms with E-state index in [1.807, 2.05) is 0 Å². The van der Waals surface area contributed by atoms with E-state index in [0.717, 1.165) is 96.3 Å². The van der Waals surface area contributed by atoms with Gasteiger partial charge < -0.3 is 24.2 Å². The van der Waals surface area contributed by atoms with Gasteiger partial charge in [0.2, 0.25) is 0 Å². The van der Waals surface area contributed by atoms with Crippen molar-refractivity contribution in [3.63, 3.8) is 0 Å². The van der Waals surface area contributed by atoms with Crippen molar-refractivity contribution in [3.05, 3.63) is 48.6 Å². The predicted octanol–water partition coefficient (Wildman–Crippen LogP) is 14.2. The normalized spacial score (nSPS) is 13.9. The molecule has 0 aromatic rings. The molecule has 64 heavy (non-hydrogen) atoms.